The van der Waals surface area contributed by atoms with Gasteiger partial charge in [-0.1, -0.05) is 12.1 Å². The first-order valence-corrected chi connectivity index (χ1v) is 9.57. The van der Waals surface area contributed by atoms with Gasteiger partial charge in [-0.3, -0.25) is 19.1 Å². The lowest BCUT2D eigenvalue weighted by Gasteiger charge is -2.16. The second-order valence-corrected chi connectivity index (χ2v) is 6.98. The number of esters is 1. The van der Waals surface area contributed by atoms with Crippen LogP contribution in [0.15, 0.2) is 47.4 Å². The molecular weight excluding hydrogens is 388 g/mol. The quantitative estimate of drug-likeness (QED) is 0.425. The number of nitro benzene ring substituents is 1. The molecule has 9 nitrogen and oxygen atoms in total. The van der Waals surface area contributed by atoms with Crippen molar-refractivity contribution in [1.29, 1.82) is 0 Å². The third-order valence-electron chi connectivity index (χ3n) is 3.72. The highest BCUT2D eigenvalue weighted by Gasteiger charge is 2.23. The van der Waals surface area contributed by atoms with E-state index in [1.54, 1.807) is 18.2 Å². The van der Waals surface area contributed by atoms with Crippen molar-refractivity contribution in [2.24, 2.45) is 0 Å². The van der Waals surface area contributed by atoms with E-state index in [0.717, 1.165) is 0 Å². The average Bonchev–Trinajstić information content (AvgIpc) is 2.67. The van der Waals surface area contributed by atoms with Crippen molar-refractivity contribution in [1.82, 2.24) is 0 Å². The molecule has 1 N–H and O–H groups in total. The highest BCUT2D eigenvalue weighted by Crippen LogP contribution is 2.29. The zero-order valence-corrected chi connectivity index (χ0v) is 16.1. The standard InChI is InChI=1S/C18H18N2O7S/c1-11(27-18(22)13-6-4-5-7-16(13)28(3)25)17(21)19-14-9-8-12(20(23)24)10-15(14)26-2/h4-11H,1-3H3,(H,19,21)/t11-,28-/m1/s1. The van der Waals surface area contributed by atoms with Gasteiger partial charge in [-0.2, -0.15) is 0 Å². The van der Waals surface area contributed by atoms with Crippen LogP contribution in [0.1, 0.15) is 17.3 Å². The fourth-order valence-corrected chi connectivity index (χ4v) is 3.03. The smallest absolute Gasteiger partial charge is 0.340 e. The average molecular weight is 406 g/mol. The lowest BCUT2D eigenvalue weighted by atomic mass is 10.2. The number of hydrogen-bond acceptors (Lipinski definition) is 7. The molecule has 10 heteroatoms. The number of ether oxygens (including phenoxy) is 2. The van der Waals surface area contributed by atoms with Crippen LogP contribution in [0.25, 0.3) is 0 Å². The third-order valence-corrected chi connectivity index (χ3v) is 4.70. The first-order valence-electron chi connectivity index (χ1n) is 8.01. The maximum absolute atomic E-state index is 12.3. The Morgan fingerprint density at radius 1 is 1.21 bits per heavy atom. The van der Waals surface area contributed by atoms with Crippen molar-refractivity contribution in [3.05, 3.63) is 58.1 Å². The zero-order valence-electron chi connectivity index (χ0n) is 15.3. The number of hydrogen-bond donors (Lipinski definition) is 1. The van der Waals surface area contributed by atoms with Gasteiger partial charge in [-0.15, -0.1) is 0 Å². The number of amides is 1. The van der Waals surface area contributed by atoms with Crippen LogP contribution in [0.3, 0.4) is 0 Å². The molecule has 0 spiro atoms. The number of non-ortho nitro benzene ring substituents is 1. The summed E-state index contributed by atoms with van der Waals surface area (Å²) in [5, 5.41) is 13.3. The monoisotopic (exact) mass is 406 g/mol. The molecule has 28 heavy (non-hydrogen) atoms. The maximum Gasteiger partial charge on any atom is 0.340 e. The van der Waals surface area contributed by atoms with Gasteiger partial charge < -0.3 is 14.8 Å². The Balaban J connectivity index is 2.13. The SMILES string of the molecule is COc1cc([N+](=O)[O-])ccc1NC(=O)[C@@H](C)OC(=O)c1ccccc1[S@@](C)=O. The molecular formula is C18H18N2O7S. The van der Waals surface area contributed by atoms with Gasteiger partial charge in [0.05, 0.1) is 45.0 Å². The van der Waals surface area contributed by atoms with Gasteiger partial charge in [-0.05, 0) is 25.1 Å². The predicted molar refractivity (Wildman–Crippen MR) is 102 cm³/mol. The van der Waals surface area contributed by atoms with Gasteiger partial charge in [0.15, 0.2) is 6.10 Å². The Kier molecular flexibility index (Phi) is 6.83. The van der Waals surface area contributed by atoms with Gasteiger partial charge in [0, 0.05) is 12.3 Å². The van der Waals surface area contributed by atoms with E-state index in [1.165, 1.54) is 44.6 Å². The fourth-order valence-electron chi connectivity index (χ4n) is 2.29. The number of nitrogens with one attached hydrogen (secondary N) is 1. The Morgan fingerprint density at radius 3 is 2.50 bits per heavy atom. The van der Waals surface area contributed by atoms with Crippen LogP contribution >= 0.6 is 0 Å². The van der Waals surface area contributed by atoms with E-state index in [1.807, 2.05) is 0 Å². The van der Waals surface area contributed by atoms with Crippen molar-refractivity contribution in [3.8, 4) is 5.75 Å². The van der Waals surface area contributed by atoms with Crippen molar-refractivity contribution in [2.75, 3.05) is 18.7 Å². The molecule has 2 aromatic rings. The van der Waals surface area contributed by atoms with Gasteiger partial charge in [0.1, 0.15) is 5.75 Å². The van der Waals surface area contributed by atoms with Crippen LogP contribution in [0, 0.1) is 10.1 Å². The molecule has 2 rings (SSSR count). The second-order valence-electron chi connectivity index (χ2n) is 5.63. The summed E-state index contributed by atoms with van der Waals surface area (Å²) in [6.07, 6.45) is 0.258. The van der Waals surface area contributed by atoms with E-state index >= 15 is 0 Å². The van der Waals surface area contributed by atoms with E-state index in [9.17, 15) is 23.9 Å². The molecule has 2 atom stereocenters. The minimum Gasteiger partial charge on any atom is -0.494 e. The lowest BCUT2D eigenvalue weighted by molar-refractivity contribution is -0.384. The summed E-state index contributed by atoms with van der Waals surface area (Å²) in [6.45, 7) is 1.37. The first-order chi connectivity index (χ1) is 13.2. The van der Waals surface area contributed by atoms with Crippen LogP contribution < -0.4 is 10.1 Å². The summed E-state index contributed by atoms with van der Waals surface area (Å²) in [5.41, 5.74) is 0.102. The number of rotatable bonds is 7. The van der Waals surface area contributed by atoms with Gasteiger partial charge >= 0.3 is 5.97 Å². The summed E-state index contributed by atoms with van der Waals surface area (Å²) in [7, 11) is -0.0961. The predicted octanol–water partition coefficient (Wildman–Crippen LogP) is 2.52. The van der Waals surface area contributed by atoms with Gasteiger partial charge in [-0.25, -0.2) is 4.79 Å². The second kappa shape index (κ2) is 9.09. The molecule has 0 saturated carbocycles. The molecule has 0 aliphatic carbocycles. The molecule has 0 heterocycles. The molecule has 0 bridgehead atoms. The van der Waals surface area contributed by atoms with Crippen LogP contribution in [-0.4, -0.2) is 40.5 Å². The number of nitrogens with zero attached hydrogens (tertiary/aromatic N) is 1. The van der Waals surface area contributed by atoms with Crippen LogP contribution in [0.2, 0.25) is 0 Å². The van der Waals surface area contributed by atoms with E-state index < -0.39 is 33.7 Å². The number of carbonyl (C=O) groups excluding carboxylic acids is 2. The molecule has 0 unspecified atom stereocenters. The van der Waals surface area contributed by atoms with Crippen LogP contribution in [-0.2, 0) is 20.3 Å². The maximum atomic E-state index is 12.3. The van der Waals surface area contributed by atoms with E-state index in [2.05, 4.69) is 5.32 Å². The van der Waals surface area contributed by atoms with Crippen molar-refractivity contribution in [2.45, 2.75) is 17.9 Å². The minimum absolute atomic E-state index is 0.0906. The normalized spacial score (nSPS) is 12.5. The Labute approximate surface area is 163 Å². The molecule has 0 aromatic heterocycles. The number of nitro groups is 1. The molecule has 0 radical (unpaired) electrons. The minimum atomic E-state index is -1.40. The Hall–Kier alpha value is -3.27. The van der Waals surface area contributed by atoms with Crippen LogP contribution in [0.4, 0.5) is 11.4 Å². The van der Waals surface area contributed by atoms with Gasteiger partial charge in [0.2, 0.25) is 0 Å². The highest BCUT2D eigenvalue weighted by atomic mass is 32.2. The van der Waals surface area contributed by atoms with E-state index in [4.69, 9.17) is 9.47 Å². The largest absolute Gasteiger partial charge is 0.494 e. The molecule has 2 aromatic carbocycles. The molecule has 1 amide bonds. The van der Waals surface area contributed by atoms with Crippen molar-refractivity contribution < 1.29 is 28.2 Å². The van der Waals surface area contributed by atoms with Crippen molar-refractivity contribution in [3.63, 3.8) is 0 Å². The number of benzene rings is 2. The van der Waals surface area contributed by atoms with E-state index in [0.29, 0.717) is 4.90 Å². The Bertz CT molecular complexity index is 945. The molecule has 0 fully saturated rings. The van der Waals surface area contributed by atoms with Gasteiger partial charge in [0.25, 0.3) is 11.6 Å². The fraction of sp³-hybridized carbons (Fsp3) is 0.222. The topological polar surface area (TPSA) is 125 Å². The summed E-state index contributed by atoms with van der Waals surface area (Å²) in [5.74, 6) is -1.35. The number of anilines is 1. The summed E-state index contributed by atoms with van der Waals surface area (Å²) in [6, 6.07) is 9.94. The highest BCUT2D eigenvalue weighted by molar-refractivity contribution is 7.84. The van der Waals surface area contributed by atoms with E-state index in [-0.39, 0.29) is 22.7 Å². The van der Waals surface area contributed by atoms with Crippen molar-refractivity contribution >= 4 is 34.1 Å². The molecule has 0 aliphatic rings. The number of carbonyl (C=O) groups is 2. The number of methoxy groups -OCH3 is 1. The zero-order chi connectivity index (χ0) is 20.8. The third kappa shape index (κ3) is 4.92. The Morgan fingerprint density at radius 2 is 1.89 bits per heavy atom. The summed E-state index contributed by atoms with van der Waals surface area (Å²) in [4.78, 5) is 35.2. The molecule has 148 valence electrons. The summed E-state index contributed by atoms with van der Waals surface area (Å²) >= 11 is 0. The lowest BCUT2D eigenvalue weighted by Crippen LogP contribution is -2.30. The molecule has 0 saturated heterocycles. The van der Waals surface area contributed by atoms with Crippen LogP contribution in [0.5, 0.6) is 5.75 Å². The summed E-state index contributed by atoms with van der Waals surface area (Å²) < 4.78 is 22.0. The first kappa shape index (κ1) is 21.0. The molecule has 0 aliphatic heterocycles.